The van der Waals surface area contributed by atoms with Gasteiger partial charge in [-0.15, -0.1) is 10.2 Å². The average Bonchev–Trinajstić information content (AvgIpc) is 3.10. The van der Waals surface area contributed by atoms with Crippen LogP contribution >= 0.6 is 43.6 Å². The van der Waals surface area contributed by atoms with Gasteiger partial charge in [-0.05, 0) is 61.4 Å². The summed E-state index contributed by atoms with van der Waals surface area (Å²) in [5.41, 5.74) is 3.77. The van der Waals surface area contributed by atoms with E-state index in [-0.39, 0.29) is 11.7 Å². The lowest BCUT2D eigenvalue weighted by Gasteiger charge is -2.11. The third-order valence-electron chi connectivity index (χ3n) is 3.82. The van der Waals surface area contributed by atoms with Gasteiger partial charge < -0.3 is 9.73 Å². The number of benzene rings is 2. The van der Waals surface area contributed by atoms with E-state index in [2.05, 4.69) is 47.4 Å². The SMILES string of the molecule is Cc1c(Br)ccc(NC(=O)CSc2nnc(-c3ccc(Br)cc3)o2)c1C. The summed E-state index contributed by atoms with van der Waals surface area (Å²) in [6, 6.07) is 11.4. The number of carbonyl (C=O) groups excluding carboxylic acids is 1. The highest BCUT2D eigenvalue weighted by atomic mass is 79.9. The number of thioether (sulfide) groups is 1. The predicted molar refractivity (Wildman–Crippen MR) is 110 cm³/mol. The van der Waals surface area contributed by atoms with Gasteiger partial charge in [0.15, 0.2) is 0 Å². The zero-order valence-electron chi connectivity index (χ0n) is 14.0. The number of hydrogen-bond acceptors (Lipinski definition) is 5. The van der Waals surface area contributed by atoms with E-state index in [4.69, 9.17) is 4.42 Å². The molecule has 2 aromatic carbocycles. The highest BCUT2D eigenvalue weighted by Crippen LogP contribution is 2.27. The van der Waals surface area contributed by atoms with Crippen molar-refractivity contribution in [1.29, 1.82) is 0 Å². The summed E-state index contributed by atoms with van der Waals surface area (Å²) < 4.78 is 7.61. The molecule has 0 radical (unpaired) electrons. The van der Waals surface area contributed by atoms with Gasteiger partial charge in [-0.25, -0.2) is 0 Å². The molecule has 1 N–H and O–H groups in total. The molecule has 0 saturated carbocycles. The smallest absolute Gasteiger partial charge is 0.277 e. The van der Waals surface area contributed by atoms with Crippen molar-refractivity contribution in [2.24, 2.45) is 0 Å². The topological polar surface area (TPSA) is 68.0 Å². The maximum atomic E-state index is 12.2. The van der Waals surface area contributed by atoms with Crippen LogP contribution in [0.25, 0.3) is 11.5 Å². The van der Waals surface area contributed by atoms with Gasteiger partial charge in [0.2, 0.25) is 11.8 Å². The van der Waals surface area contributed by atoms with Crippen LogP contribution in [0.15, 0.2) is 55.0 Å². The third kappa shape index (κ3) is 4.55. The van der Waals surface area contributed by atoms with Gasteiger partial charge in [-0.3, -0.25) is 4.79 Å². The summed E-state index contributed by atoms with van der Waals surface area (Å²) >= 11 is 8.08. The van der Waals surface area contributed by atoms with Crippen LogP contribution < -0.4 is 5.32 Å². The minimum absolute atomic E-state index is 0.122. The molecule has 3 aromatic rings. The zero-order valence-corrected chi connectivity index (χ0v) is 18.0. The maximum absolute atomic E-state index is 12.2. The number of aromatic nitrogens is 2. The number of carbonyl (C=O) groups is 1. The van der Waals surface area contributed by atoms with E-state index in [0.717, 1.165) is 31.3 Å². The largest absolute Gasteiger partial charge is 0.411 e. The van der Waals surface area contributed by atoms with Gasteiger partial charge in [-0.2, -0.15) is 0 Å². The Hall–Kier alpha value is -1.64. The Kier molecular flexibility index (Phi) is 6.16. The molecule has 0 unspecified atom stereocenters. The van der Waals surface area contributed by atoms with Crippen LogP contribution in [-0.4, -0.2) is 21.9 Å². The summed E-state index contributed by atoms with van der Waals surface area (Å²) in [7, 11) is 0. The Labute approximate surface area is 172 Å². The first kappa shape index (κ1) is 19.1. The van der Waals surface area contributed by atoms with Crippen LogP contribution in [0.4, 0.5) is 5.69 Å². The summed E-state index contributed by atoms with van der Waals surface area (Å²) in [6.45, 7) is 3.98. The van der Waals surface area contributed by atoms with Gasteiger partial charge in [0.1, 0.15) is 0 Å². The van der Waals surface area contributed by atoms with Crippen molar-refractivity contribution in [3.05, 3.63) is 56.5 Å². The Balaban J connectivity index is 1.60. The number of nitrogens with zero attached hydrogens (tertiary/aromatic N) is 2. The second kappa shape index (κ2) is 8.37. The standard InChI is InChI=1S/C18H15Br2N3O2S/c1-10-11(2)15(8-7-14(10)20)21-16(24)9-26-18-23-22-17(25-18)12-3-5-13(19)6-4-12/h3-8H,9H2,1-2H3,(H,21,24). The van der Waals surface area contributed by atoms with Gasteiger partial charge in [0.25, 0.3) is 5.22 Å². The van der Waals surface area contributed by atoms with Crippen molar-refractivity contribution < 1.29 is 9.21 Å². The summed E-state index contributed by atoms with van der Waals surface area (Å²) in [5, 5.41) is 11.3. The molecule has 0 aliphatic rings. The molecule has 0 aliphatic carbocycles. The number of hydrogen-bond donors (Lipinski definition) is 1. The van der Waals surface area contributed by atoms with Crippen LogP contribution in [-0.2, 0) is 4.79 Å². The van der Waals surface area contributed by atoms with Crippen molar-refractivity contribution in [1.82, 2.24) is 10.2 Å². The molecule has 1 amide bonds. The fourth-order valence-electron chi connectivity index (χ4n) is 2.21. The van der Waals surface area contributed by atoms with E-state index in [1.165, 1.54) is 11.8 Å². The third-order valence-corrected chi connectivity index (χ3v) is 6.03. The Bertz CT molecular complexity index is 942. The molecule has 1 aromatic heterocycles. The van der Waals surface area contributed by atoms with Gasteiger partial charge in [0.05, 0.1) is 5.75 Å². The first-order valence-corrected chi connectivity index (χ1v) is 10.3. The lowest BCUT2D eigenvalue weighted by atomic mass is 10.1. The van der Waals surface area contributed by atoms with Crippen LogP contribution in [0.2, 0.25) is 0 Å². The Morgan fingerprint density at radius 3 is 2.54 bits per heavy atom. The van der Waals surface area contributed by atoms with Crippen LogP contribution in [0.1, 0.15) is 11.1 Å². The van der Waals surface area contributed by atoms with E-state index >= 15 is 0 Å². The summed E-state index contributed by atoms with van der Waals surface area (Å²) in [4.78, 5) is 12.2. The first-order chi connectivity index (χ1) is 12.4. The molecule has 5 nitrogen and oxygen atoms in total. The van der Waals surface area contributed by atoms with Crippen molar-refractivity contribution in [2.75, 3.05) is 11.1 Å². The van der Waals surface area contributed by atoms with Crippen molar-refractivity contribution >= 4 is 55.2 Å². The minimum atomic E-state index is -0.122. The van der Waals surface area contributed by atoms with Crippen molar-refractivity contribution in [3.8, 4) is 11.5 Å². The number of anilines is 1. The molecule has 0 saturated heterocycles. The molecule has 0 fully saturated rings. The molecule has 1 heterocycles. The fourth-order valence-corrected chi connectivity index (χ4v) is 3.47. The summed E-state index contributed by atoms with van der Waals surface area (Å²) in [5.74, 6) is 0.499. The van der Waals surface area contributed by atoms with Gasteiger partial charge in [-0.1, -0.05) is 43.6 Å². The molecular formula is C18H15Br2N3O2S. The van der Waals surface area contributed by atoms with E-state index < -0.39 is 0 Å². The predicted octanol–water partition coefficient (Wildman–Crippen LogP) is 5.61. The Morgan fingerprint density at radius 1 is 1.08 bits per heavy atom. The fraction of sp³-hybridized carbons (Fsp3) is 0.167. The summed E-state index contributed by atoms with van der Waals surface area (Å²) in [6.07, 6.45) is 0. The number of amides is 1. The molecular weight excluding hydrogens is 482 g/mol. The highest BCUT2D eigenvalue weighted by Gasteiger charge is 2.13. The lowest BCUT2D eigenvalue weighted by Crippen LogP contribution is -2.15. The van der Waals surface area contributed by atoms with Crippen LogP contribution in [0, 0.1) is 13.8 Å². The second-order valence-electron chi connectivity index (χ2n) is 5.56. The van der Waals surface area contributed by atoms with E-state index in [9.17, 15) is 4.79 Å². The Morgan fingerprint density at radius 2 is 1.81 bits per heavy atom. The minimum Gasteiger partial charge on any atom is -0.411 e. The number of nitrogens with one attached hydrogen (secondary N) is 1. The lowest BCUT2D eigenvalue weighted by molar-refractivity contribution is -0.113. The normalized spacial score (nSPS) is 10.8. The maximum Gasteiger partial charge on any atom is 0.277 e. The molecule has 0 spiro atoms. The molecule has 0 bridgehead atoms. The second-order valence-corrected chi connectivity index (χ2v) is 8.26. The number of rotatable bonds is 5. The van der Waals surface area contributed by atoms with E-state index in [1.807, 2.05) is 50.2 Å². The highest BCUT2D eigenvalue weighted by molar-refractivity contribution is 9.10. The molecule has 134 valence electrons. The average molecular weight is 497 g/mol. The zero-order chi connectivity index (χ0) is 18.7. The molecule has 0 aliphatic heterocycles. The van der Waals surface area contributed by atoms with Crippen molar-refractivity contribution in [3.63, 3.8) is 0 Å². The van der Waals surface area contributed by atoms with Gasteiger partial charge in [0, 0.05) is 20.2 Å². The van der Waals surface area contributed by atoms with Crippen LogP contribution in [0.3, 0.4) is 0 Å². The number of halogens is 2. The van der Waals surface area contributed by atoms with Gasteiger partial charge >= 0.3 is 0 Å². The molecule has 3 rings (SSSR count). The first-order valence-electron chi connectivity index (χ1n) is 7.72. The molecule has 26 heavy (non-hydrogen) atoms. The van der Waals surface area contributed by atoms with E-state index in [0.29, 0.717) is 11.1 Å². The van der Waals surface area contributed by atoms with Crippen LogP contribution in [0.5, 0.6) is 0 Å². The monoisotopic (exact) mass is 495 g/mol. The van der Waals surface area contributed by atoms with Crippen molar-refractivity contribution in [2.45, 2.75) is 19.1 Å². The van der Waals surface area contributed by atoms with E-state index in [1.54, 1.807) is 0 Å². The molecule has 0 atom stereocenters. The quantitative estimate of drug-likeness (QED) is 0.465. The molecule has 8 heteroatoms.